The van der Waals surface area contributed by atoms with Crippen molar-refractivity contribution in [1.82, 2.24) is 25.1 Å². The van der Waals surface area contributed by atoms with E-state index in [4.69, 9.17) is 16.0 Å². The van der Waals surface area contributed by atoms with Gasteiger partial charge in [-0.25, -0.2) is 14.1 Å². The second-order valence-electron chi connectivity index (χ2n) is 7.81. The van der Waals surface area contributed by atoms with Gasteiger partial charge < -0.3 is 15.1 Å². The van der Waals surface area contributed by atoms with Crippen LogP contribution in [-0.2, 0) is 6.54 Å². The molecule has 184 valence electrons. The SMILES string of the molecule is O=C(NCc1cocn1)c1cc(NC(=O)c2cc(-c3ccccn3)c(F)cc2Cl)n(-c2ccccc2)n1. The van der Waals surface area contributed by atoms with Gasteiger partial charge in [-0.15, -0.1) is 0 Å². The van der Waals surface area contributed by atoms with Crippen molar-refractivity contribution in [3.63, 3.8) is 0 Å². The van der Waals surface area contributed by atoms with Crippen LogP contribution >= 0.6 is 11.6 Å². The molecule has 0 radical (unpaired) electrons. The lowest BCUT2D eigenvalue weighted by Crippen LogP contribution is -2.23. The van der Waals surface area contributed by atoms with Gasteiger partial charge in [0.25, 0.3) is 11.8 Å². The van der Waals surface area contributed by atoms with Crippen LogP contribution in [0.1, 0.15) is 26.5 Å². The molecule has 0 atom stereocenters. The Kier molecular flexibility index (Phi) is 6.73. The van der Waals surface area contributed by atoms with Gasteiger partial charge in [0.2, 0.25) is 0 Å². The standard InChI is InChI=1S/C26H18ClFN6O3/c27-20-11-21(28)19(22-8-4-5-9-29-22)10-18(20)25(35)32-24-12-23(26(36)30-13-16-14-37-15-31-16)33-34(24)17-6-2-1-3-7-17/h1-12,14-15H,13H2,(H,30,36)(H,32,35). The second kappa shape index (κ2) is 10.4. The molecule has 5 rings (SSSR count). The molecule has 3 aromatic heterocycles. The average Bonchev–Trinajstić information content (AvgIpc) is 3.59. The van der Waals surface area contributed by atoms with Crippen molar-refractivity contribution < 1.29 is 18.4 Å². The minimum absolute atomic E-state index is 0.0292. The Morgan fingerprint density at radius 2 is 1.81 bits per heavy atom. The summed E-state index contributed by atoms with van der Waals surface area (Å²) < 4.78 is 21.0. The molecule has 2 amide bonds. The zero-order valence-electron chi connectivity index (χ0n) is 19.1. The largest absolute Gasteiger partial charge is 0.451 e. The van der Waals surface area contributed by atoms with Crippen LogP contribution < -0.4 is 10.6 Å². The summed E-state index contributed by atoms with van der Waals surface area (Å²) in [5.74, 6) is -1.50. The maximum absolute atomic E-state index is 14.6. The van der Waals surface area contributed by atoms with E-state index in [1.54, 1.807) is 42.5 Å². The first-order chi connectivity index (χ1) is 18.0. The summed E-state index contributed by atoms with van der Waals surface area (Å²) in [4.78, 5) is 34.1. The summed E-state index contributed by atoms with van der Waals surface area (Å²) in [5.41, 5.74) is 1.71. The van der Waals surface area contributed by atoms with E-state index in [2.05, 4.69) is 25.7 Å². The smallest absolute Gasteiger partial charge is 0.272 e. The molecule has 11 heteroatoms. The maximum Gasteiger partial charge on any atom is 0.272 e. The van der Waals surface area contributed by atoms with Crippen molar-refractivity contribution >= 4 is 29.2 Å². The maximum atomic E-state index is 14.6. The summed E-state index contributed by atoms with van der Waals surface area (Å²) >= 11 is 6.23. The predicted octanol–water partition coefficient (Wildman–Crippen LogP) is 4.90. The van der Waals surface area contributed by atoms with Gasteiger partial charge in [-0.3, -0.25) is 14.6 Å². The summed E-state index contributed by atoms with van der Waals surface area (Å²) in [6.07, 6.45) is 4.20. The molecule has 37 heavy (non-hydrogen) atoms. The Balaban J connectivity index is 1.46. The zero-order chi connectivity index (χ0) is 25.8. The lowest BCUT2D eigenvalue weighted by atomic mass is 10.1. The highest BCUT2D eigenvalue weighted by atomic mass is 35.5. The Hall–Kier alpha value is -4.83. The third-order valence-corrected chi connectivity index (χ3v) is 5.65. The van der Waals surface area contributed by atoms with Crippen molar-refractivity contribution in [2.75, 3.05) is 5.32 Å². The van der Waals surface area contributed by atoms with E-state index in [0.29, 0.717) is 17.1 Å². The average molecular weight is 517 g/mol. The van der Waals surface area contributed by atoms with Gasteiger partial charge in [0.1, 0.15) is 17.9 Å². The summed E-state index contributed by atoms with van der Waals surface area (Å²) in [7, 11) is 0. The number of nitrogens with zero attached hydrogens (tertiary/aromatic N) is 4. The Bertz CT molecular complexity index is 1560. The van der Waals surface area contributed by atoms with Crippen LogP contribution in [0.3, 0.4) is 0 Å². The molecule has 0 aliphatic carbocycles. The molecule has 0 aliphatic heterocycles. The fourth-order valence-electron chi connectivity index (χ4n) is 3.56. The number of para-hydroxylation sites is 1. The number of hydrogen-bond acceptors (Lipinski definition) is 6. The molecule has 5 aromatic rings. The molecule has 0 aliphatic rings. The van der Waals surface area contributed by atoms with E-state index in [1.165, 1.54) is 35.7 Å². The first-order valence-electron chi connectivity index (χ1n) is 11.0. The fraction of sp³-hybridized carbons (Fsp3) is 0.0385. The highest BCUT2D eigenvalue weighted by Gasteiger charge is 2.21. The summed E-state index contributed by atoms with van der Waals surface area (Å²) in [6.45, 7) is 0.136. The van der Waals surface area contributed by atoms with Crippen LogP contribution in [0.25, 0.3) is 16.9 Å². The molecular formula is C26H18ClFN6O3. The molecule has 0 bridgehead atoms. The van der Waals surface area contributed by atoms with Crippen LogP contribution in [0, 0.1) is 5.82 Å². The lowest BCUT2D eigenvalue weighted by Gasteiger charge is -2.11. The number of nitrogens with one attached hydrogen (secondary N) is 2. The number of anilines is 1. The van der Waals surface area contributed by atoms with Crippen molar-refractivity contribution in [3.05, 3.63) is 113 Å². The fourth-order valence-corrected chi connectivity index (χ4v) is 3.79. The van der Waals surface area contributed by atoms with Crippen LogP contribution in [0.2, 0.25) is 5.02 Å². The second-order valence-corrected chi connectivity index (χ2v) is 8.21. The molecule has 0 saturated heterocycles. The Morgan fingerprint density at radius 3 is 2.54 bits per heavy atom. The minimum atomic E-state index is -0.617. The van der Waals surface area contributed by atoms with Crippen molar-refractivity contribution in [2.45, 2.75) is 6.54 Å². The topological polar surface area (TPSA) is 115 Å². The van der Waals surface area contributed by atoms with Crippen molar-refractivity contribution in [3.8, 4) is 16.9 Å². The van der Waals surface area contributed by atoms with E-state index >= 15 is 0 Å². The summed E-state index contributed by atoms with van der Waals surface area (Å²) in [6, 6.07) is 17.8. The monoisotopic (exact) mass is 516 g/mol. The lowest BCUT2D eigenvalue weighted by molar-refractivity contribution is 0.0944. The number of pyridine rings is 1. The molecule has 3 heterocycles. The normalized spacial score (nSPS) is 10.8. The first-order valence-corrected chi connectivity index (χ1v) is 11.4. The highest BCUT2D eigenvalue weighted by molar-refractivity contribution is 6.34. The van der Waals surface area contributed by atoms with Crippen LogP contribution in [-0.4, -0.2) is 31.6 Å². The van der Waals surface area contributed by atoms with E-state index in [1.807, 2.05) is 6.07 Å². The number of halogens is 2. The molecule has 0 saturated carbocycles. The highest BCUT2D eigenvalue weighted by Crippen LogP contribution is 2.28. The van der Waals surface area contributed by atoms with Crippen molar-refractivity contribution in [2.24, 2.45) is 0 Å². The zero-order valence-corrected chi connectivity index (χ0v) is 19.8. The van der Waals surface area contributed by atoms with Gasteiger partial charge in [0.05, 0.1) is 34.2 Å². The number of rotatable bonds is 7. The van der Waals surface area contributed by atoms with Crippen LogP contribution in [0.5, 0.6) is 0 Å². The third kappa shape index (κ3) is 5.24. The van der Waals surface area contributed by atoms with Gasteiger partial charge in [-0.2, -0.15) is 5.10 Å². The Morgan fingerprint density at radius 1 is 1.00 bits per heavy atom. The predicted molar refractivity (Wildman–Crippen MR) is 134 cm³/mol. The number of hydrogen-bond donors (Lipinski definition) is 2. The van der Waals surface area contributed by atoms with Gasteiger partial charge in [-0.05, 0) is 36.4 Å². The summed E-state index contributed by atoms with van der Waals surface area (Å²) in [5, 5.41) is 9.73. The molecular weight excluding hydrogens is 499 g/mol. The Labute approximate surface area is 214 Å². The number of oxazole rings is 1. The molecule has 0 spiro atoms. The molecule has 2 N–H and O–H groups in total. The van der Waals surface area contributed by atoms with Gasteiger partial charge in [-0.1, -0.05) is 35.9 Å². The third-order valence-electron chi connectivity index (χ3n) is 5.34. The number of amides is 2. The molecule has 9 nitrogen and oxygen atoms in total. The molecule has 0 fully saturated rings. The van der Waals surface area contributed by atoms with Crippen molar-refractivity contribution in [1.29, 1.82) is 0 Å². The number of aromatic nitrogens is 4. The quantitative estimate of drug-likeness (QED) is 0.318. The van der Waals surface area contributed by atoms with Crippen LogP contribution in [0.15, 0.2) is 90.0 Å². The number of carbonyl (C=O) groups excluding carboxylic acids is 2. The number of benzene rings is 2. The number of carbonyl (C=O) groups is 2. The molecule has 2 aromatic carbocycles. The van der Waals surface area contributed by atoms with E-state index < -0.39 is 17.6 Å². The van der Waals surface area contributed by atoms with Gasteiger partial charge >= 0.3 is 0 Å². The van der Waals surface area contributed by atoms with E-state index in [0.717, 1.165) is 6.07 Å². The van der Waals surface area contributed by atoms with Crippen LogP contribution in [0.4, 0.5) is 10.2 Å². The first kappa shape index (κ1) is 23.9. The van der Waals surface area contributed by atoms with Gasteiger partial charge in [0, 0.05) is 17.8 Å². The minimum Gasteiger partial charge on any atom is -0.451 e. The van der Waals surface area contributed by atoms with E-state index in [-0.39, 0.29) is 34.2 Å². The van der Waals surface area contributed by atoms with E-state index in [9.17, 15) is 14.0 Å². The van der Waals surface area contributed by atoms with Gasteiger partial charge in [0.15, 0.2) is 12.1 Å². The molecule has 0 unspecified atom stereocenters.